The molecular formula is C13H20N2O2. The number of amides is 2. The lowest BCUT2D eigenvalue weighted by molar-refractivity contribution is 0.234. The zero-order valence-electron chi connectivity index (χ0n) is 10.4. The molecule has 2 amide bonds. The average molecular weight is 236 g/mol. The van der Waals surface area contributed by atoms with Crippen LogP contribution in [0.25, 0.3) is 0 Å². The molecular weight excluding hydrogens is 216 g/mol. The van der Waals surface area contributed by atoms with Crippen LogP contribution in [0.3, 0.4) is 0 Å². The average Bonchev–Trinajstić information content (AvgIpc) is 2.34. The summed E-state index contributed by atoms with van der Waals surface area (Å²) in [6, 6.07) is 8.05. The number of urea groups is 1. The predicted molar refractivity (Wildman–Crippen MR) is 68.1 cm³/mol. The smallest absolute Gasteiger partial charge is 0.314 e. The van der Waals surface area contributed by atoms with E-state index < -0.39 is 0 Å². The van der Waals surface area contributed by atoms with Gasteiger partial charge < -0.3 is 15.7 Å². The Hall–Kier alpha value is -1.55. The Labute approximate surface area is 102 Å². The zero-order valence-corrected chi connectivity index (χ0v) is 10.4. The first-order valence-electron chi connectivity index (χ1n) is 5.82. The number of benzene rings is 1. The van der Waals surface area contributed by atoms with Gasteiger partial charge in [-0.15, -0.1) is 0 Å². The summed E-state index contributed by atoms with van der Waals surface area (Å²) in [6.45, 7) is 4.94. The van der Waals surface area contributed by atoms with Gasteiger partial charge >= 0.3 is 6.03 Å². The van der Waals surface area contributed by atoms with E-state index in [1.54, 1.807) is 0 Å². The molecule has 4 nitrogen and oxygen atoms in total. The first-order valence-corrected chi connectivity index (χ1v) is 5.82. The molecule has 0 aliphatic heterocycles. The second-order valence-electron chi connectivity index (χ2n) is 4.17. The third-order valence-corrected chi connectivity index (χ3v) is 2.61. The Kier molecular flexibility index (Phi) is 5.49. The molecule has 4 heteroatoms. The van der Waals surface area contributed by atoms with Crippen molar-refractivity contribution in [2.75, 3.05) is 19.7 Å². The minimum absolute atomic E-state index is 0.0407. The van der Waals surface area contributed by atoms with Crippen LogP contribution in [0, 0.1) is 6.92 Å². The molecule has 0 radical (unpaired) electrons. The Bertz CT molecular complexity index is 349. The molecule has 0 saturated heterocycles. The van der Waals surface area contributed by atoms with Crippen molar-refractivity contribution in [3.05, 3.63) is 35.4 Å². The summed E-state index contributed by atoms with van der Waals surface area (Å²) in [7, 11) is 0. The highest BCUT2D eigenvalue weighted by Gasteiger charge is 2.06. The van der Waals surface area contributed by atoms with Crippen LogP contribution in [0.1, 0.15) is 24.0 Å². The molecule has 0 bridgehead atoms. The molecule has 1 rings (SSSR count). The van der Waals surface area contributed by atoms with Crippen LogP contribution in [0.2, 0.25) is 0 Å². The number of hydrogen-bond donors (Lipinski definition) is 3. The summed E-state index contributed by atoms with van der Waals surface area (Å²) < 4.78 is 0. The fourth-order valence-electron chi connectivity index (χ4n) is 1.49. The van der Waals surface area contributed by atoms with Crippen LogP contribution < -0.4 is 10.6 Å². The van der Waals surface area contributed by atoms with Crippen molar-refractivity contribution in [1.29, 1.82) is 0 Å². The maximum absolute atomic E-state index is 11.3. The summed E-state index contributed by atoms with van der Waals surface area (Å²) >= 11 is 0. The summed E-state index contributed by atoms with van der Waals surface area (Å²) in [6.07, 6.45) is 0. The molecule has 0 fully saturated rings. The number of carbonyl (C=O) groups is 1. The number of nitrogens with one attached hydrogen (secondary N) is 2. The van der Waals surface area contributed by atoms with Crippen molar-refractivity contribution in [3.8, 4) is 0 Å². The lowest BCUT2D eigenvalue weighted by Crippen LogP contribution is -2.38. The van der Waals surface area contributed by atoms with Gasteiger partial charge in [-0.3, -0.25) is 0 Å². The summed E-state index contributed by atoms with van der Waals surface area (Å²) in [5, 5.41) is 13.9. The predicted octanol–water partition coefficient (Wildman–Crippen LogP) is 1.39. The molecule has 1 aromatic rings. The monoisotopic (exact) mass is 236 g/mol. The number of aliphatic hydroxyl groups is 1. The van der Waals surface area contributed by atoms with Gasteiger partial charge in [0.25, 0.3) is 0 Å². The van der Waals surface area contributed by atoms with Gasteiger partial charge in [0.05, 0.1) is 6.61 Å². The maximum atomic E-state index is 11.3. The third-order valence-electron chi connectivity index (χ3n) is 2.61. The minimum Gasteiger partial charge on any atom is -0.395 e. The van der Waals surface area contributed by atoms with Gasteiger partial charge in [0, 0.05) is 13.1 Å². The fraction of sp³-hybridized carbons (Fsp3) is 0.462. The summed E-state index contributed by atoms with van der Waals surface area (Å²) in [4.78, 5) is 11.3. The molecule has 1 aromatic carbocycles. The van der Waals surface area contributed by atoms with Crippen molar-refractivity contribution in [1.82, 2.24) is 10.6 Å². The van der Waals surface area contributed by atoms with Crippen LogP contribution in [-0.2, 0) is 0 Å². The Morgan fingerprint density at radius 2 is 1.94 bits per heavy atom. The molecule has 1 atom stereocenters. The molecule has 94 valence electrons. The zero-order chi connectivity index (χ0) is 12.7. The molecule has 3 N–H and O–H groups in total. The van der Waals surface area contributed by atoms with Crippen molar-refractivity contribution < 1.29 is 9.90 Å². The van der Waals surface area contributed by atoms with E-state index in [4.69, 9.17) is 5.11 Å². The van der Waals surface area contributed by atoms with Crippen LogP contribution in [-0.4, -0.2) is 30.8 Å². The maximum Gasteiger partial charge on any atom is 0.314 e. The SMILES string of the molecule is Cc1ccc(C(C)CNC(=O)NCCO)cc1. The standard InChI is InChI=1S/C13H20N2O2/c1-10-3-5-12(6-4-10)11(2)9-15-13(17)14-7-8-16/h3-6,11,16H,7-9H2,1-2H3,(H2,14,15,17). The quantitative estimate of drug-likeness (QED) is 0.723. The molecule has 0 aliphatic rings. The molecule has 0 spiro atoms. The Morgan fingerprint density at radius 3 is 2.53 bits per heavy atom. The molecule has 0 aliphatic carbocycles. The van der Waals surface area contributed by atoms with E-state index >= 15 is 0 Å². The highest BCUT2D eigenvalue weighted by Crippen LogP contribution is 2.14. The molecule has 0 aromatic heterocycles. The second-order valence-corrected chi connectivity index (χ2v) is 4.17. The van der Waals surface area contributed by atoms with Crippen molar-refractivity contribution in [2.45, 2.75) is 19.8 Å². The van der Waals surface area contributed by atoms with Crippen LogP contribution >= 0.6 is 0 Å². The van der Waals surface area contributed by atoms with Gasteiger partial charge in [-0.25, -0.2) is 4.79 Å². The van der Waals surface area contributed by atoms with Gasteiger partial charge in [0.15, 0.2) is 0 Å². The highest BCUT2D eigenvalue weighted by molar-refractivity contribution is 5.73. The second kappa shape index (κ2) is 6.91. The van der Waals surface area contributed by atoms with Crippen molar-refractivity contribution in [2.24, 2.45) is 0 Å². The van der Waals surface area contributed by atoms with Gasteiger partial charge in [-0.05, 0) is 18.4 Å². The largest absolute Gasteiger partial charge is 0.395 e. The van der Waals surface area contributed by atoms with Gasteiger partial charge in [-0.1, -0.05) is 36.8 Å². The lowest BCUT2D eigenvalue weighted by Gasteiger charge is -2.13. The summed E-state index contributed by atoms with van der Waals surface area (Å²) in [5.41, 5.74) is 2.44. The number of carbonyl (C=O) groups excluding carboxylic acids is 1. The lowest BCUT2D eigenvalue weighted by atomic mass is 10.0. The minimum atomic E-state index is -0.238. The molecule has 0 heterocycles. The van der Waals surface area contributed by atoms with Crippen LogP contribution in [0.4, 0.5) is 4.79 Å². The van der Waals surface area contributed by atoms with E-state index in [1.165, 1.54) is 11.1 Å². The van der Waals surface area contributed by atoms with E-state index in [2.05, 4.69) is 48.7 Å². The van der Waals surface area contributed by atoms with Crippen molar-refractivity contribution >= 4 is 6.03 Å². The van der Waals surface area contributed by atoms with E-state index in [9.17, 15) is 4.79 Å². The first kappa shape index (κ1) is 13.5. The van der Waals surface area contributed by atoms with E-state index in [0.717, 1.165) is 0 Å². The number of aliphatic hydroxyl groups excluding tert-OH is 1. The van der Waals surface area contributed by atoms with Gasteiger partial charge in [0.1, 0.15) is 0 Å². The van der Waals surface area contributed by atoms with E-state index in [0.29, 0.717) is 6.54 Å². The molecule has 0 saturated carbocycles. The Balaban J connectivity index is 2.36. The van der Waals surface area contributed by atoms with Gasteiger partial charge in [-0.2, -0.15) is 0 Å². The van der Waals surface area contributed by atoms with Crippen LogP contribution in [0.5, 0.6) is 0 Å². The fourth-order valence-corrected chi connectivity index (χ4v) is 1.49. The number of rotatable bonds is 5. The van der Waals surface area contributed by atoms with E-state index in [-0.39, 0.29) is 25.1 Å². The normalized spacial score (nSPS) is 11.9. The molecule has 1 unspecified atom stereocenters. The van der Waals surface area contributed by atoms with E-state index in [1.807, 2.05) is 0 Å². The summed E-state index contributed by atoms with van der Waals surface area (Å²) in [5.74, 6) is 0.274. The van der Waals surface area contributed by atoms with Gasteiger partial charge in [0.2, 0.25) is 0 Å². The van der Waals surface area contributed by atoms with Crippen molar-refractivity contribution in [3.63, 3.8) is 0 Å². The third kappa shape index (κ3) is 4.87. The van der Waals surface area contributed by atoms with Crippen LogP contribution in [0.15, 0.2) is 24.3 Å². The number of aryl methyl sites for hydroxylation is 1. The molecule has 17 heavy (non-hydrogen) atoms. The Morgan fingerprint density at radius 1 is 1.29 bits per heavy atom. The highest BCUT2D eigenvalue weighted by atomic mass is 16.3. The number of hydrogen-bond acceptors (Lipinski definition) is 2. The topological polar surface area (TPSA) is 61.4 Å². The first-order chi connectivity index (χ1) is 8.13.